The van der Waals surface area contributed by atoms with E-state index in [4.69, 9.17) is 4.74 Å². The van der Waals surface area contributed by atoms with E-state index in [0.29, 0.717) is 5.75 Å². The van der Waals surface area contributed by atoms with E-state index in [1.165, 1.54) is 12.1 Å². The summed E-state index contributed by atoms with van der Waals surface area (Å²) in [5, 5.41) is 0. The Morgan fingerprint density at radius 3 is 2.53 bits per heavy atom. The lowest BCUT2D eigenvalue weighted by atomic mass is 10.2. The van der Waals surface area contributed by atoms with Crippen LogP contribution in [0, 0.1) is 5.82 Å². The van der Waals surface area contributed by atoms with Crippen LogP contribution in [0.1, 0.15) is 6.92 Å². The molecule has 17 heavy (non-hydrogen) atoms. The number of hydrogen-bond donors (Lipinski definition) is 0. The number of piperazine rings is 1. The van der Waals surface area contributed by atoms with Gasteiger partial charge in [0.1, 0.15) is 11.6 Å². The van der Waals surface area contributed by atoms with Crippen LogP contribution in [0.25, 0.3) is 0 Å². The summed E-state index contributed by atoms with van der Waals surface area (Å²) < 4.78 is 18.3. The molecule has 0 amide bonds. The maximum absolute atomic E-state index is 13.1. The number of halogens is 1. The van der Waals surface area contributed by atoms with Crippen LogP contribution in [0.5, 0.6) is 5.75 Å². The Bertz CT molecular complexity index is 376. The molecule has 0 atom stereocenters. The molecule has 1 heterocycles. The molecule has 1 aromatic carbocycles. The lowest BCUT2D eigenvalue weighted by molar-refractivity contribution is 0.270. The fourth-order valence-corrected chi connectivity index (χ4v) is 2.22. The molecule has 1 saturated heterocycles. The highest BCUT2D eigenvalue weighted by atomic mass is 19.1. The smallest absolute Gasteiger partial charge is 0.145 e. The second-order valence-electron chi connectivity index (χ2n) is 4.24. The van der Waals surface area contributed by atoms with Crippen molar-refractivity contribution < 1.29 is 9.13 Å². The van der Waals surface area contributed by atoms with Crippen molar-refractivity contribution in [1.29, 1.82) is 0 Å². The van der Waals surface area contributed by atoms with Gasteiger partial charge in [0.2, 0.25) is 0 Å². The van der Waals surface area contributed by atoms with Gasteiger partial charge in [-0.05, 0) is 18.7 Å². The molecule has 2 rings (SSSR count). The Balaban J connectivity index is 2.12. The average molecular weight is 238 g/mol. The zero-order chi connectivity index (χ0) is 12.3. The second-order valence-corrected chi connectivity index (χ2v) is 4.24. The third-order valence-corrected chi connectivity index (χ3v) is 3.30. The third-order valence-electron chi connectivity index (χ3n) is 3.30. The zero-order valence-electron chi connectivity index (χ0n) is 10.4. The Morgan fingerprint density at radius 2 is 1.94 bits per heavy atom. The molecule has 0 aliphatic carbocycles. The monoisotopic (exact) mass is 238 g/mol. The summed E-state index contributed by atoms with van der Waals surface area (Å²) in [6.07, 6.45) is 0. The van der Waals surface area contributed by atoms with Gasteiger partial charge in [0.05, 0.1) is 12.8 Å². The molecule has 0 saturated carbocycles. The zero-order valence-corrected chi connectivity index (χ0v) is 10.4. The van der Waals surface area contributed by atoms with E-state index in [1.807, 2.05) is 0 Å². The van der Waals surface area contributed by atoms with E-state index in [2.05, 4.69) is 16.7 Å². The molecule has 1 aromatic rings. The van der Waals surface area contributed by atoms with Gasteiger partial charge in [-0.25, -0.2) is 4.39 Å². The lowest BCUT2D eigenvalue weighted by Gasteiger charge is -2.36. The van der Waals surface area contributed by atoms with Crippen molar-refractivity contribution in [1.82, 2.24) is 4.90 Å². The van der Waals surface area contributed by atoms with Crippen LogP contribution in [0.4, 0.5) is 10.1 Å². The standard InChI is InChI=1S/C13H19FN2O/c1-3-15-6-8-16(9-7-15)12-5-4-11(14)10-13(12)17-2/h4-5,10H,3,6-9H2,1-2H3. The Labute approximate surface area is 102 Å². The molecule has 0 radical (unpaired) electrons. The average Bonchev–Trinajstić information content (AvgIpc) is 2.39. The molecule has 1 aliphatic rings. The molecular formula is C13H19FN2O. The molecule has 4 heteroatoms. The van der Waals surface area contributed by atoms with Crippen molar-refractivity contribution >= 4 is 5.69 Å². The predicted molar refractivity (Wildman–Crippen MR) is 67.3 cm³/mol. The molecule has 0 spiro atoms. The van der Waals surface area contributed by atoms with Gasteiger partial charge in [0, 0.05) is 32.2 Å². The molecule has 94 valence electrons. The van der Waals surface area contributed by atoms with Crippen molar-refractivity contribution in [3.63, 3.8) is 0 Å². The van der Waals surface area contributed by atoms with Crippen molar-refractivity contribution in [2.24, 2.45) is 0 Å². The number of methoxy groups -OCH3 is 1. The minimum Gasteiger partial charge on any atom is -0.494 e. The SMILES string of the molecule is CCN1CCN(c2ccc(F)cc2OC)CC1. The fourth-order valence-electron chi connectivity index (χ4n) is 2.22. The van der Waals surface area contributed by atoms with Gasteiger partial charge in [-0.2, -0.15) is 0 Å². The number of rotatable bonds is 3. The predicted octanol–water partition coefficient (Wildman–Crippen LogP) is 1.98. The van der Waals surface area contributed by atoms with E-state index in [0.717, 1.165) is 38.4 Å². The minimum atomic E-state index is -0.252. The number of likely N-dealkylation sites (N-methyl/N-ethyl adjacent to an activating group) is 1. The Kier molecular flexibility index (Phi) is 3.84. The summed E-state index contributed by atoms with van der Waals surface area (Å²) in [5.41, 5.74) is 0.990. The van der Waals surface area contributed by atoms with Gasteiger partial charge in [0.15, 0.2) is 0 Å². The Morgan fingerprint density at radius 1 is 1.24 bits per heavy atom. The molecule has 3 nitrogen and oxygen atoms in total. The van der Waals surface area contributed by atoms with Crippen LogP contribution in [-0.2, 0) is 0 Å². The molecular weight excluding hydrogens is 219 g/mol. The van der Waals surface area contributed by atoms with E-state index >= 15 is 0 Å². The van der Waals surface area contributed by atoms with Crippen LogP contribution in [0.3, 0.4) is 0 Å². The normalized spacial score (nSPS) is 17.2. The number of nitrogens with zero attached hydrogens (tertiary/aromatic N) is 2. The third kappa shape index (κ3) is 2.69. The van der Waals surface area contributed by atoms with Crippen LogP contribution in [0.15, 0.2) is 18.2 Å². The molecule has 0 bridgehead atoms. The molecule has 1 fully saturated rings. The molecule has 0 aromatic heterocycles. The molecule has 0 unspecified atom stereocenters. The van der Waals surface area contributed by atoms with Crippen molar-refractivity contribution in [2.75, 3.05) is 44.7 Å². The highest BCUT2D eigenvalue weighted by Crippen LogP contribution is 2.29. The second kappa shape index (κ2) is 5.36. The van der Waals surface area contributed by atoms with Gasteiger partial charge in [-0.1, -0.05) is 6.92 Å². The summed E-state index contributed by atoms with van der Waals surface area (Å²) in [5.74, 6) is 0.368. The quantitative estimate of drug-likeness (QED) is 0.801. The van der Waals surface area contributed by atoms with Crippen LogP contribution < -0.4 is 9.64 Å². The van der Waals surface area contributed by atoms with Gasteiger partial charge in [-0.3, -0.25) is 0 Å². The first-order chi connectivity index (χ1) is 8.24. The van der Waals surface area contributed by atoms with Crippen molar-refractivity contribution in [3.8, 4) is 5.75 Å². The van der Waals surface area contributed by atoms with Gasteiger partial charge in [0.25, 0.3) is 0 Å². The maximum Gasteiger partial charge on any atom is 0.145 e. The van der Waals surface area contributed by atoms with Gasteiger partial charge >= 0.3 is 0 Å². The summed E-state index contributed by atoms with van der Waals surface area (Å²) in [6.45, 7) is 7.31. The highest BCUT2D eigenvalue weighted by molar-refractivity contribution is 5.58. The van der Waals surface area contributed by atoms with Gasteiger partial charge in [-0.15, -0.1) is 0 Å². The van der Waals surface area contributed by atoms with Crippen molar-refractivity contribution in [2.45, 2.75) is 6.92 Å². The number of ether oxygens (including phenoxy) is 1. The van der Waals surface area contributed by atoms with E-state index in [1.54, 1.807) is 13.2 Å². The summed E-state index contributed by atoms with van der Waals surface area (Å²) in [4.78, 5) is 4.66. The lowest BCUT2D eigenvalue weighted by Crippen LogP contribution is -2.46. The topological polar surface area (TPSA) is 15.7 Å². The highest BCUT2D eigenvalue weighted by Gasteiger charge is 2.18. The van der Waals surface area contributed by atoms with E-state index in [9.17, 15) is 4.39 Å². The summed E-state index contributed by atoms with van der Waals surface area (Å²) in [7, 11) is 1.58. The number of hydrogen-bond acceptors (Lipinski definition) is 3. The summed E-state index contributed by atoms with van der Waals surface area (Å²) >= 11 is 0. The minimum absolute atomic E-state index is 0.252. The number of anilines is 1. The van der Waals surface area contributed by atoms with Gasteiger partial charge < -0.3 is 14.5 Å². The van der Waals surface area contributed by atoms with Crippen LogP contribution in [-0.4, -0.2) is 44.7 Å². The molecule has 0 N–H and O–H groups in total. The van der Waals surface area contributed by atoms with Crippen molar-refractivity contribution in [3.05, 3.63) is 24.0 Å². The first-order valence-corrected chi connectivity index (χ1v) is 6.05. The summed E-state index contributed by atoms with van der Waals surface area (Å²) in [6, 6.07) is 4.74. The number of benzene rings is 1. The first-order valence-electron chi connectivity index (χ1n) is 6.05. The van der Waals surface area contributed by atoms with E-state index in [-0.39, 0.29) is 5.82 Å². The first kappa shape index (κ1) is 12.2. The van der Waals surface area contributed by atoms with E-state index < -0.39 is 0 Å². The molecule has 1 aliphatic heterocycles. The Hall–Kier alpha value is -1.29. The maximum atomic E-state index is 13.1. The fraction of sp³-hybridized carbons (Fsp3) is 0.538. The largest absolute Gasteiger partial charge is 0.494 e. The van der Waals surface area contributed by atoms with Crippen LogP contribution in [0.2, 0.25) is 0 Å². The van der Waals surface area contributed by atoms with Crippen LogP contribution >= 0.6 is 0 Å².